The van der Waals surface area contributed by atoms with Crippen molar-refractivity contribution in [1.82, 2.24) is 5.43 Å². The van der Waals surface area contributed by atoms with E-state index in [0.717, 1.165) is 18.6 Å². The van der Waals surface area contributed by atoms with Gasteiger partial charge in [0.1, 0.15) is 0 Å². The summed E-state index contributed by atoms with van der Waals surface area (Å²) in [6, 6.07) is 0. The number of rotatable bonds is 5. The van der Waals surface area contributed by atoms with Gasteiger partial charge >= 0.3 is 0 Å². The van der Waals surface area contributed by atoms with Crippen LogP contribution in [-0.2, 0) is 9.53 Å². The van der Waals surface area contributed by atoms with Gasteiger partial charge in [-0.2, -0.15) is 0 Å². The summed E-state index contributed by atoms with van der Waals surface area (Å²) in [5, 5.41) is 0. The van der Waals surface area contributed by atoms with Gasteiger partial charge in [0.05, 0.1) is 10.9 Å². The van der Waals surface area contributed by atoms with Crippen molar-refractivity contribution in [3.05, 3.63) is 0 Å². The van der Waals surface area contributed by atoms with Gasteiger partial charge in [-0.15, -0.1) is 11.8 Å². The maximum Gasteiger partial charge on any atom is 0.249 e. The number of carbonyl (C=O) groups excluding carboxylic acids is 1. The van der Waals surface area contributed by atoms with E-state index in [1.807, 2.05) is 13.8 Å². The first-order chi connectivity index (χ1) is 7.99. The molecule has 1 fully saturated rings. The van der Waals surface area contributed by atoms with Gasteiger partial charge in [-0.25, -0.2) is 5.84 Å². The third-order valence-electron chi connectivity index (χ3n) is 3.48. The molecule has 4 nitrogen and oxygen atoms in total. The molecule has 1 saturated carbocycles. The van der Waals surface area contributed by atoms with Gasteiger partial charge in [-0.3, -0.25) is 10.2 Å². The molecule has 0 aromatic rings. The van der Waals surface area contributed by atoms with Crippen LogP contribution in [0.2, 0.25) is 0 Å². The van der Waals surface area contributed by atoms with Crippen molar-refractivity contribution < 1.29 is 9.53 Å². The molecule has 0 atom stereocenters. The van der Waals surface area contributed by atoms with E-state index in [1.54, 1.807) is 18.9 Å². The van der Waals surface area contributed by atoms with Gasteiger partial charge in [0.15, 0.2) is 0 Å². The minimum Gasteiger partial charge on any atom is -0.381 e. The number of amides is 1. The number of nitrogens with two attached hydrogens (primary N) is 1. The fourth-order valence-corrected chi connectivity index (χ4v) is 3.28. The minimum absolute atomic E-state index is 0.104. The third kappa shape index (κ3) is 4.48. The van der Waals surface area contributed by atoms with Crippen LogP contribution in [0.4, 0.5) is 0 Å². The lowest BCUT2D eigenvalue weighted by molar-refractivity contribution is -0.122. The van der Waals surface area contributed by atoms with E-state index in [0.29, 0.717) is 12.0 Å². The summed E-state index contributed by atoms with van der Waals surface area (Å²) in [5.74, 6) is 6.80. The number of hydrogen-bond acceptors (Lipinski definition) is 4. The highest BCUT2D eigenvalue weighted by Crippen LogP contribution is 2.33. The minimum atomic E-state index is -0.438. The predicted molar refractivity (Wildman–Crippen MR) is 71.6 cm³/mol. The van der Waals surface area contributed by atoms with Crippen molar-refractivity contribution in [2.24, 2.45) is 11.8 Å². The Morgan fingerprint density at radius 3 is 2.47 bits per heavy atom. The standard InChI is InChI=1S/C12H24N2O2S/c1-12(2,11(15)14-13)17-8-9-4-6-10(16-3)7-5-9/h9-10H,4-8,13H2,1-3H3,(H,14,15). The predicted octanol–water partition coefficient (Wildman–Crippen LogP) is 1.69. The molecule has 0 radical (unpaired) electrons. The molecule has 1 aliphatic rings. The van der Waals surface area contributed by atoms with Crippen molar-refractivity contribution in [3.8, 4) is 0 Å². The third-order valence-corrected chi connectivity index (χ3v) is 5.03. The summed E-state index contributed by atoms with van der Waals surface area (Å²) in [6.45, 7) is 3.83. The lowest BCUT2D eigenvalue weighted by atomic mass is 9.89. The van der Waals surface area contributed by atoms with Crippen LogP contribution in [0.5, 0.6) is 0 Å². The molecule has 17 heavy (non-hydrogen) atoms. The molecule has 0 bridgehead atoms. The van der Waals surface area contributed by atoms with E-state index >= 15 is 0 Å². The number of thioether (sulfide) groups is 1. The summed E-state index contributed by atoms with van der Waals surface area (Å²) < 4.78 is 4.92. The molecule has 5 heteroatoms. The van der Waals surface area contributed by atoms with Crippen LogP contribution in [0.1, 0.15) is 39.5 Å². The lowest BCUT2D eigenvalue weighted by Crippen LogP contribution is -2.43. The van der Waals surface area contributed by atoms with Gasteiger partial charge < -0.3 is 4.74 Å². The highest BCUT2D eigenvalue weighted by Gasteiger charge is 2.29. The highest BCUT2D eigenvalue weighted by molar-refractivity contribution is 8.01. The van der Waals surface area contributed by atoms with E-state index in [2.05, 4.69) is 5.43 Å². The number of hydrogen-bond donors (Lipinski definition) is 2. The summed E-state index contributed by atoms with van der Waals surface area (Å²) in [7, 11) is 1.79. The average Bonchev–Trinajstić information content (AvgIpc) is 2.36. The number of ether oxygens (including phenoxy) is 1. The number of methoxy groups -OCH3 is 1. The molecule has 1 rings (SSSR count). The lowest BCUT2D eigenvalue weighted by Gasteiger charge is -2.30. The fraction of sp³-hybridized carbons (Fsp3) is 0.917. The van der Waals surface area contributed by atoms with Crippen LogP contribution in [-0.4, -0.2) is 29.6 Å². The molecule has 1 aliphatic carbocycles. The molecule has 0 unspecified atom stereocenters. The number of hydrazine groups is 1. The molecule has 100 valence electrons. The second kappa shape index (κ2) is 6.61. The molecule has 0 aromatic carbocycles. The summed E-state index contributed by atoms with van der Waals surface area (Å²) in [6.07, 6.45) is 5.13. The second-order valence-corrected chi connectivity index (χ2v) is 6.82. The van der Waals surface area contributed by atoms with Gasteiger partial charge in [-0.1, -0.05) is 0 Å². The van der Waals surface area contributed by atoms with Crippen LogP contribution in [0.15, 0.2) is 0 Å². The molecule has 0 heterocycles. The van der Waals surface area contributed by atoms with Gasteiger partial charge in [0.25, 0.3) is 0 Å². The summed E-state index contributed by atoms with van der Waals surface area (Å²) in [4.78, 5) is 11.5. The Hall–Kier alpha value is -0.260. The van der Waals surface area contributed by atoms with Crippen LogP contribution in [0, 0.1) is 5.92 Å². The zero-order valence-electron chi connectivity index (χ0n) is 11.0. The van der Waals surface area contributed by atoms with Gasteiger partial charge in [-0.05, 0) is 51.2 Å². The van der Waals surface area contributed by atoms with Crippen LogP contribution < -0.4 is 11.3 Å². The van der Waals surface area contributed by atoms with Gasteiger partial charge in [0, 0.05) is 7.11 Å². The van der Waals surface area contributed by atoms with Crippen molar-refractivity contribution in [1.29, 1.82) is 0 Å². The maximum atomic E-state index is 11.5. The van der Waals surface area contributed by atoms with Crippen molar-refractivity contribution in [3.63, 3.8) is 0 Å². The molecular formula is C12H24N2O2S. The largest absolute Gasteiger partial charge is 0.381 e. The van der Waals surface area contributed by atoms with Gasteiger partial charge in [0.2, 0.25) is 5.91 Å². The van der Waals surface area contributed by atoms with E-state index in [9.17, 15) is 4.79 Å². The highest BCUT2D eigenvalue weighted by atomic mass is 32.2. The van der Waals surface area contributed by atoms with E-state index < -0.39 is 4.75 Å². The van der Waals surface area contributed by atoms with Crippen LogP contribution in [0.3, 0.4) is 0 Å². The number of nitrogens with one attached hydrogen (secondary N) is 1. The molecule has 1 amide bonds. The van der Waals surface area contributed by atoms with E-state index in [4.69, 9.17) is 10.6 Å². The Morgan fingerprint density at radius 2 is 2.00 bits per heavy atom. The molecule has 0 spiro atoms. The quantitative estimate of drug-likeness (QED) is 0.448. The number of carbonyl (C=O) groups is 1. The second-order valence-electron chi connectivity index (χ2n) is 5.17. The van der Waals surface area contributed by atoms with Crippen LogP contribution in [0.25, 0.3) is 0 Å². The molecule has 3 N–H and O–H groups in total. The normalized spacial score (nSPS) is 25.6. The molecular weight excluding hydrogens is 236 g/mol. The SMILES string of the molecule is COC1CCC(CSC(C)(C)C(=O)NN)CC1. The Bertz CT molecular complexity index is 251. The Labute approximate surface area is 108 Å². The Morgan fingerprint density at radius 1 is 1.41 bits per heavy atom. The van der Waals surface area contributed by atoms with Crippen molar-refractivity contribution in [2.75, 3.05) is 12.9 Å². The Balaban J connectivity index is 2.30. The first kappa shape index (κ1) is 14.8. The maximum absolute atomic E-state index is 11.5. The smallest absolute Gasteiger partial charge is 0.249 e. The van der Waals surface area contributed by atoms with Crippen LogP contribution >= 0.6 is 11.8 Å². The zero-order chi connectivity index (χ0) is 12.9. The van der Waals surface area contributed by atoms with Crippen molar-refractivity contribution in [2.45, 2.75) is 50.4 Å². The topological polar surface area (TPSA) is 64.3 Å². The first-order valence-corrected chi connectivity index (χ1v) is 7.16. The first-order valence-electron chi connectivity index (χ1n) is 6.17. The molecule has 0 aromatic heterocycles. The Kier molecular flexibility index (Phi) is 5.76. The molecule has 0 saturated heterocycles. The van der Waals surface area contributed by atoms with Crippen molar-refractivity contribution >= 4 is 17.7 Å². The zero-order valence-corrected chi connectivity index (χ0v) is 11.8. The van der Waals surface area contributed by atoms with E-state index in [-0.39, 0.29) is 5.91 Å². The average molecular weight is 260 g/mol. The van der Waals surface area contributed by atoms with E-state index in [1.165, 1.54) is 12.8 Å². The monoisotopic (exact) mass is 260 g/mol. The molecule has 0 aliphatic heterocycles. The fourth-order valence-electron chi connectivity index (χ4n) is 2.10. The summed E-state index contributed by atoms with van der Waals surface area (Å²) in [5.41, 5.74) is 2.23. The summed E-state index contributed by atoms with van der Waals surface area (Å²) >= 11 is 1.69.